The van der Waals surface area contributed by atoms with Crippen molar-refractivity contribution in [3.63, 3.8) is 0 Å². The van der Waals surface area contributed by atoms with Gasteiger partial charge in [0.1, 0.15) is 5.82 Å². The fourth-order valence-electron chi connectivity index (χ4n) is 1.66. The Morgan fingerprint density at radius 1 is 1.41 bits per heavy atom. The van der Waals surface area contributed by atoms with Crippen molar-refractivity contribution in [2.75, 3.05) is 0 Å². The molecule has 0 aliphatic carbocycles. The molecule has 0 fully saturated rings. The van der Waals surface area contributed by atoms with Crippen LogP contribution in [0.1, 0.15) is 22.0 Å². The van der Waals surface area contributed by atoms with E-state index in [1.807, 2.05) is 0 Å². The summed E-state index contributed by atoms with van der Waals surface area (Å²) in [7, 11) is 0. The summed E-state index contributed by atoms with van der Waals surface area (Å²) >= 11 is 5.76. The minimum absolute atomic E-state index is 0.175. The highest BCUT2D eigenvalue weighted by Gasteiger charge is 2.16. The minimum atomic E-state index is -0.991. The maximum absolute atomic E-state index is 11.1. The number of benzene rings is 1. The average Bonchev–Trinajstić information content (AvgIpc) is 2.70. The third kappa shape index (κ3) is 2.01. The van der Waals surface area contributed by atoms with Crippen LogP contribution in [0.3, 0.4) is 0 Å². The molecule has 0 spiro atoms. The topological polar surface area (TPSA) is 68.0 Å². The van der Waals surface area contributed by atoms with E-state index in [0.29, 0.717) is 17.3 Å². The molecule has 0 saturated heterocycles. The lowest BCUT2D eigenvalue weighted by molar-refractivity contribution is 0.0697. The van der Waals surface area contributed by atoms with E-state index in [0.717, 1.165) is 0 Å². The molecule has 1 heterocycles. The Hall–Kier alpha value is -1.88. The van der Waals surface area contributed by atoms with Crippen molar-refractivity contribution in [2.24, 2.45) is 0 Å². The third-order valence-electron chi connectivity index (χ3n) is 2.39. The molecule has 0 bridgehead atoms. The fourth-order valence-corrected chi connectivity index (χ4v) is 1.83. The molecule has 17 heavy (non-hydrogen) atoms. The van der Waals surface area contributed by atoms with E-state index in [-0.39, 0.29) is 11.4 Å². The first-order valence-corrected chi connectivity index (χ1v) is 5.48. The Bertz CT molecular complexity index is 566. The number of nitrogens with zero attached hydrogens (tertiary/aromatic N) is 3. The third-order valence-corrected chi connectivity index (χ3v) is 2.63. The number of carboxylic acid groups (broad SMARTS) is 1. The predicted molar refractivity (Wildman–Crippen MR) is 62.6 cm³/mol. The molecule has 0 atom stereocenters. The Morgan fingerprint density at radius 2 is 2.12 bits per heavy atom. The number of hydrogen-bond donors (Lipinski definition) is 1. The largest absolute Gasteiger partial charge is 0.478 e. The van der Waals surface area contributed by atoms with Gasteiger partial charge in [0, 0.05) is 0 Å². The van der Waals surface area contributed by atoms with E-state index in [2.05, 4.69) is 10.2 Å². The van der Waals surface area contributed by atoms with E-state index in [4.69, 9.17) is 16.7 Å². The maximum Gasteiger partial charge on any atom is 0.337 e. The second-order valence-corrected chi connectivity index (χ2v) is 3.72. The number of aromatic carboxylic acids is 1. The van der Waals surface area contributed by atoms with Gasteiger partial charge in [-0.2, -0.15) is 0 Å². The summed E-state index contributed by atoms with van der Waals surface area (Å²) in [5.41, 5.74) is 0.722. The zero-order chi connectivity index (χ0) is 12.4. The van der Waals surface area contributed by atoms with Gasteiger partial charge >= 0.3 is 5.97 Å². The number of aromatic nitrogens is 3. The van der Waals surface area contributed by atoms with Crippen molar-refractivity contribution >= 4 is 17.6 Å². The Balaban J connectivity index is 2.68. The molecule has 0 aliphatic rings. The number of carbonyl (C=O) groups is 1. The summed E-state index contributed by atoms with van der Waals surface area (Å²) in [4.78, 5) is 11.1. The predicted octanol–water partition coefficient (Wildman–Crippen LogP) is 2.01. The van der Waals surface area contributed by atoms with Gasteiger partial charge in [0.15, 0.2) is 5.82 Å². The molecule has 2 aromatic rings. The summed E-state index contributed by atoms with van der Waals surface area (Å²) < 4.78 is 1.65. The van der Waals surface area contributed by atoms with Crippen molar-refractivity contribution < 1.29 is 9.90 Å². The van der Waals surface area contributed by atoms with Crippen LogP contribution in [0.2, 0.25) is 0 Å². The highest BCUT2D eigenvalue weighted by atomic mass is 35.5. The van der Waals surface area contributed by atoms with Crippen molar-refractivity contribution in [1.82, 2.24) is 14.8 Å². The highest BCUT2D eigenvalue weighted by Crippen LogP contribution is 2.18. The molecule has 2 rings (SSSR count). The molecule has 6 heteroatoms. The molecule has 1 aromatic heterocycles. The first-order chi connectivity index (χ1) is 8.15. The van der Waals surface area contributed by atoms with Gasteiger partial charge in [-0.15, -0.1) is 21.8 Å². The van der Waals surface area contributed by atoms with E-state index in [1.54, 1.807) is 29.7 Å². The number of carboxylic acids is 1. The lowest BCUT2D eigenvalue weighted by Gasteiger charge is -2.09. The second-order valence-electron chi connectivity index (χ2n) is 3.45. The van der Waals surface area contributed by atoms with E-state index < -0.39 is 5.97 Å². The Kier molecular flexibility index (Phi) is 3.10. The van der Waals surface area contributed by atoms with Crippen LogP contribution in [0.5, 0.6) is 0 Å². The van der Waals surface area contributed by atoms with Gasteiger partial charge in [-0.3, -0.25) is 4.57 Å². The molecule has 0 unspecified atom stereocenters. The van der Waals surface area contributed by atoms with Crippen LogP contribution < -0.4 is 0 Å². The molecule has 1 N–H and O–H groups in total. The van der Waals surface area contributed by atoms with Gasteiger partial charge in [-0.05, 0) is 19.1 Å². The summed E-state index contributed by atoms with van der Waals surface area (Å²) in [6.07, 6.45) is 0. The monoisotopic (exact) mass is 251 g/mol. The number of para-hydroxylation sites is 1. The molecular formula is C11H10ClN3O2. The van der Waals surface area contributed by atoms with E-state index in [1.165, 1.54) is 6.07 Å². The van der Waals surface area contributed by atoms with Crippen LogP contribution in [0.15, 0.2) is 24.3 Å². The average molecular weight is 252 g/mol. The first-order valence-electron chi connectivity index (χ1n) is 4.94. The number of alkyl halides is 1. The van der Waals surface area contributed by atoms with Crippen LogP contribution >= 0.6 is 11.6 Å². The van der Waals surface area contributed by atoms with Crippen LogP contribution in [0.4, 0.5) is 0 Å². The minimum Gasteiger partial charge on any atom is -0.478 e. The summed E-state index contributed by atoms with van der Waals surface area (Å²) in [5.74, 6) is 0.316. The molecule has 5 nitrogen and oxygen atoms in total. The van der Waals surface area contributed by atoms with Crippen molar-refractivity contribution in [2.45, 2.75) is 12.8 Å². The van der Waals surface area contributed by atoms with Gasteiger partial charge < -0.3 is 5.11 Å². The number of rotatable bonds is 3. The molecule has 0 aliphatic heterocycles. The van der Waals surface area contributed by atoms with Crippen LogP contribution in [0, 0.1) is 6.92 Å². The molecular weight excluding hydrogens is 242 g/mol. The molecule has 0 radical (unpaired) electrons. The number of halogens is 1. The number of aryl methyl sites for hydroxylation is 1. The summed E-state index contributed by atoms with van der Waals surface area (Å²) in [5, 5.41) is 16.9. The lowest BCUT2D eigenvalue weighted by Crippen LogP contribution is -2.08. The molecule has 1 aromatic carbocycles. The SMILES string of the molecule is Cc1nnc(CCl)n1-c1ccccc1C(=O)O. The smallest absolute Gasteiger partial charge is 0.337 e. The van der Waals surface area contributed by atoms with Crippen LogP contribution in [-0.4, -0.2) is 25.8 Å². The van der Waals surface area contributed by atoms with Crippen LogP contribution in [0.25, 0.3) is 5.69 Å². The molecule has 88 valence electrons. The Morgan fingerprint density at radius 3 is 2.76 bits per heavy atom. The highest BCUT2D eigenvalue weighted by molar-refractivity contribution is 6.16. The standard InChI is InChI=1S/C11H10ClN3O2/c1-7-13-14-10(6-12)15(7)9-5-3-2-4-8(9)11(16)17/h2-5H,6H2,1H3,(H,16,17). The molecule has 0 amide bonds. The van der Waals surface area contributed by atoms with E-state index >= 15 is 0 Å². The normalized spacial score (nSPS) is 10.5. The zero-order valence-corrected chi connectivity index (χ0v) is 9.85. The Labute approximate surface area is 103 Å². The van der Waals surface area contributed by atoms with E-state index in [9.17, 15) is 4.79 Å². The summed E-state index contributed by atoms with van der Waals surface area (Å²) in [6, 6.07) is 6.68. The van der Waals surface area contributed by atoms with Gasteiger partial charge in [-0.1, -0.05) is 12.1 Å². The molecule has 0 saturated carbocycles. The van der Waals surface area contributed by atoms with Crippen molar-refractivity contribution in [3.05, 3.63) is 41.5 Å². The van der Waals surface area contributed by atoms with Crippen LogP contribution in [-0.2, 0) is 5.88 Å². The summed E-state index contributed by atoms with van der Waals surface area (Å²) in [6.45, 7) is 1.75. The van der Waals surface area contributed by atoms with Gasteiger partial charge in [0.2, 0.25) is 0 Å². The van der Waals surface area contributed by atoms with Gasteiger partial charge in [-0.25, -0.2) is 4.79 Å². The van der Waals surface area contributed by atoms with Gasteiger partial charge in [0.25, 0.3) is 0 Å². The maximum atomic E-state index is 11.1. The quantitative estimate of drug-likeness (QED) is 0.848. The van der Waals surface area contributed by atoms with Crippen molar-refractivity contribution in [1.29, 1.82) is 0 Å². The van der Waals surface area contributed by atoms with Crippen molar-refractivity contribution in [3.8, 4) is 5.69 Å². The number of hydrogen-bond acceptors (Lipinski definition) is 3. The fraction of sp³-hybridized carbons (Fsp3) is 0.182. The zero-order valence-electron chi connectivity index (χ0n) is 9.09. The van der Waals surface area contributed by atoms with Gasteiger partial charge in [0.05, 0.1) is 17.1 Å². The second kappa shape index (κ2) is 4.55. The lowest BCUT2D eigenvalue weighted by atomic mass is 10.1. The first kappa shape index (κ1) is 11.6.